The lowest BCUT2D eigenvalue weighted by Gasteiger charge is -2.21. The molecule has 2 N–H and O–H groups in total. The Morgan fingerprint density at radius 1 is 1.40 bits per heavy atom. The van der Waals surface area contributed by atoms with E-state index in [1.54, 1.807) is 25.3 Å². The van der Waals surface area contributed by atoms with Crippen LogP contribution in [0.4, 0.5) is 5.82 Å². The molecule has 112 valence electrons. The average Bonchev–Trinajstić information content (AvgIpc) is 2.47. The molecule has 5 nitrogen and oxygen atoms in total. The number of hydrogen-bond donors (Lipinski definition) is 2. The summed E-state index contributed by atoms with van der Waals surface area (Å²) in [5.41, 5.74) is 0.395. The molecule has 0 radical (unpaired) electrons. The molecule has 5 heteroatoms. The highest BCUT2D eigenvalue weighted by Crippen LogP contribution is 2.16. The highest BCUT2D eigenvalue weighted by Gasteiger charge is 2.17. The number of aromatic nitrogens is 1. The summed E-state index contributed by atoms with van der Waals surface area (Å²) in [6, 6.07) is 3.35. The molecule has 0 aromatic carbocycles. The first kappa shape index (κ1) is 16.4. The van der Waals surface area contributed by atoms with Crippen molar-refractivity contribution in [2.24, 2.45) is 5.92 Å². The minimum atomic E-state index is -0.456. The maximum absolute atomic E-state index is 11.8. The molecule has 0 saturated heterocycles. The van der Waals surface area contributed by atoms with Crippen LogP contribution in [0.25, 0.3) is 0 Å². The van der Waals surface area contributed by atoms with Gasteiger partial charge in [-0.15, -0.1) is 0 Å². The molecule has 0 fully saturated rings. The number of esters is 1. The number of nitrogens with zero attached hydrogens (tertiary/aromatic N) is 1. The summed E-state index contributed by atoms with van der Waals surface area (Å²) in [5, 5.41) is 13.1. The van der Waals surface area contributed by atoms with E-state index in [2.05, 4.69) is 24.1 Å². The Bertz CT molecular complexity index is 419. The number of pyridine rings is 1. The van der Waals surface area contributed by atoms with E-state index >= 15 is 0 Å². The first-order chi connectivity index (χ1) is 9.63. The number of anilines is 1. The fraction of sp³-hybridized carbons (Fsp3) is 0.600. The van der Waals surface area contributed by atoms with Crippen molar-refractivity contribution >= 4 is 11.8 Å². The van der Waals surface area contributed by atoms with Gasteiger partial charge in [0.1, 0.15) is 11.4 Å². The van der Waals surface area contributed by atoms with Crippen molar-refractivity contribution in [3.8, 4) is 0 Å². The van der Waals surface area contributed by atoms with Gasteiger partial charge in [-0.25, -0.2) is 9.78 Å². The molecule has 0 aliphatic heterocycles. The summed E-state index contributed by atoms with van der Waals surface area (Å²) in [6.07, 6.45) is 3.00. The van der Waals surface area contributed by atoms with Crippen LogP contribution in [0.5, 0.6) is 0 Å². The van der Waals surface area contributed by atoms with Crippen LogP contribution in [-0.4, -0.2) is 35.3 Å². The van der Waals surface area contributed by atoms with Gasteiger partial charge < -0.3 is 15.2 Å². The predicted molar refractivity (Wildman–Crippen MR) is 78.8 cm³/mol. The van der Waals surface area contributed by atoms with Crippen LogP contribution < -0.4 is 5.32 Å². The molecule has 20 heavy (non-hydrogen) atoms. The van der Waals surface area contributed by atoms with E-state index in [4.69, 9.17) is 4.74 Å². The molecule has 0 amide bonds. The van der Waals surface area contributed by atoms with Crippen LogP contribution in [-0.2, 0) is 4.74 Å². The Morgan fingerprint density at radius 3 is 2.70 bits per heavy atom. The average molecular weight is 280 g/mol. The zero-order chi connectivity index (χ0) is 15.0. The fourth-order valence-corrected chi connectivity index (χ4v) is 2.12. The molecule has 1 heterocycles. The summed E-state index contributed by atoms with van der Waals surface area (Å²) in [6.45, 7) is 6.57. The van der Waals surface area contributed by atoms with Crippen LogP contribution in [0.1, 0.15) is 44.0 Å². The van der Waals surface area contributed by atoms with Crippen molar-refractivity contribution in [1.82, 2.24) is 4.98 Å². The molecule has 1 aromatic rings. The Kier molecular flexibility index (Phi) is 7.01. The Morgan fingerprint density at radius 2 is 2.10 bits per heavy atom. The summed E-state index contributed by atoms with van der Waals surface area (Å²) in [4.78, 5) is 15.9. The summed E-state index contributed by atoms with van der Waals surface area (Å²) < 4.78 is 4.98. The minimum absolute atomic E-state index is 0.247. The number of hydrogen-bond acceptors (Lipinski definition) is 5. The maximum atomic E-state index is 11.8. The summed E-state index contributed by atoms with van der Waals surface area (Å²) in [7, 11) is 0. The lowest BCUT2D eigenvalue weighted by molar-refractivity contribution is 0.0526. The second-order valence-electron chi connectivity index (χ2n) is 4.64. The Hall–Kier alpha value is -1.62. The molecule has 1 aromatic heterocycles. The van der Waals surface area contributed by atoms with E-state index in [0.29, 0.717) is 24.5 Å². The lowest BCUT2D eigenvalue weighted by Crippen LogP contribution is -2.28. The van der Waals surface area contributed by atoms with Gasteiger partial charge in [0.05, 0.1) is 12.7 Å². The number of nitrogens with one attached hydrogen (secondary N) is 1. The quantitative estimate of drug-likeness (QED) is 0.716. The molecule has 0 saturated carbocycles. The van der Waals surface area contributed by atoms with Crippen molar-refractivity contribution in [3.05, 3.63) is 23.9 Å². The molecule has 1 rings (SSSR count). The maximum Gasteiger partial charge on any atom is 0.341 e. The van der Waals surface area contributed by atoms with Gasteiger partial charge in [0, 0.05) is 12.7 Å². The highest BCUT2D eigenvalue weighted by molar-refractivity contribution is 5.94. The Balaban J connectivity index is 2.70. The molecule has 1 unspecified atom stereocenters. The van der Waals surface area contributed by atoms with E-state index in [9.17, 15) is 9.90 Å². The zero-order valence-electron chi connectivity index (χ0n) is 12.4. The second kappa shape index (κ2) is 8.53. The summed E-state index contributed by atoms with van der Waals surface area (Å²) in [5.74, 6) is 0.299. The van der Waals surface area contributed by atoms with Gasteiger partial charge >= 0.3 is 5.97 Å². The zero-order valence-corrected chi connectivity index (χ0v) is 12.4. The predicted octanol–water partition coefficient (Wildman–Crippen LogP) is 2.47. The van der Waals surface area contributed by atoms with E-state index < -0.39 is 12.1 Å². The normalized spacial score (nSPS) is 12.2. The van der Waals surface area contributed by atoms with Crippen molar-refractivity contribution in [2.75, 3.05) is 18.5 Å². The monoisotopic (exact) mass is 280 g/mol. The first-order valence-corrected chi connectivity index (χ1v) is 7.18. The minimum Gasteiger partial charge on any atom is -0.462 e. The van der Waals surface area contributed by atoms with Crippen molar-refractivity contribution < 1.29 is 14.6 Å². The van der Waals surface area contributed by atoms with Crippen LogP contribution >= 0.6 is 0 Å². The first-order valence-electron chi connectivity index (χ1n) is 7.18. The topological polar surface area (TPSA) is 71.5 Å². The fourth-order valence-electron chi connectivity index (χ4n) is 2.12. The standard InChI is InChI=1S/C15H24N2O3/c1-4-11(5-2)13(18)10-17-14-12(8-7-9-16-14)15(19)20-6-3/h7-9,11,13,18H,4-6,10H2,1-3H3,(H,16,17). The van der Waals surface area contributed by atoms with Crippen LogP contribution in [0.15, 0.2) is 18.3 Å². The number of aliphatic hydroxyl groups is 1. The highest BCUT2D eigenvalue weighted by atomic mass is 16.5. The van der Waals surface area contributed by atoms with Gasteiger partial charge in [-0.05, 0) is 25.0 Å². The van der Waals surface area contributed by atoms with Gasteiger partial charge in [-0.3, -0.25) is 0 Å². The molecular weight excluding hydrogens is 256 g/mol. The molecular formula is C15H24N2O3. The number of carbonyl (C=O) groups excluding carboxylic acids is 1. The van der Waals surface area contributed by atoms with Gasteiger partial charge in [0.25, 0.3) is 0 Å². The smallest absolute Gasteiger partial charge is 0.341 e. The molecule has 0 bridgehead atoms. The molecule has 0 aliphatic rings. The molecule has 0 aliphatic carbocycles. The van der Waals surface area contributed by atoms with Gasteiger partial charge in [-0.2, -0.15) is 0 Å². The van der Waals surface area contributed by atoms with Gasteiger partial charge in [-0.1, -0.05) is 26.7 Å². The van der Waals surface area contributed by atoms with E-state index in [1.165, 1.54) is 0 Å². The third kappa shape index (κ3) is 4.49. The lowest BCUT2D eigenvalue weighted by atomic mass is 9.96. The van der Waals surface area contributed by atoms with Crippen LogP contribution in [0, 0.1) is 5.92 Å². The van der Waals surface area contributed by atoms with E-state index in [1.807, 2.05) is 0 Å². The van der Waals surface area contributed by atoms with E-state index in [0.717, 1.165) is 12.8 Å². The molecule has 1 atom stereocenters. The second-order valence-corrected chi connectivity index (χ2v) is 4.64. The Labute approximate surface area is 120 Å². The summed E-state index contributed by atoms with van der Waals surface area (Å²) >= 11 is 0. The third-order valence-corrected chi connectivity index (χ3v) is 3.37. The van der Waals surface area contributed by atoms with Crippen LogP contribution in [0.2, 0.25) is 0 Å². The van der Waals surface area contributed by atoms with Crippen molar-refractivity contribution in [2.45, 2.75) is 39.7 Å². The largest absolute Gasteiger partial charge is 0.462 e. The number of aliphatic hydroxyl groups excluding tert-OH is 1. The van der Waals surface area contributed by atoms with E-state index in [-0.39, 0.29) is 5.92 Å². The van der Waals surface area contributed by atoms with Crippen LogP contribution in [0.3, 0.4) is 0 Å². The number of rotatable bonds is 8. The van der Waals surface area contributed by atoms with Crippen molar-refractivity contribution in [1.29, 1.82) is 0 Å². The van der Waals surface area contributed by atoms with Gasteiger partial charge in [0.2, 0.25) is 0 Å². The van der Waals surface area contributed by atoms with Gasteiger partial charge in [0.15, 0.2) is 0 Å². The SMILES string of the molecule is CCOC(=O)c1cccnc1NCC(O)C(CC)CC. The third-order valence-electron chi connectivity index (χ3n) is 3.37. The number of carbonyl (C=O) groups is 1. The molecule has 0 spiro atoms. The number of ether oxygens (including phenoxy) is 1. The van der Waals surface area contributed by atoms with Crippen molar-refractivity contribution in [3.63, 3.8) is 0 Å².